The summed E-state index contributed by atoms with van der Waals surface area (Å²) in [4.78, 5) is 18.0. The Kier molecular flexibility index (Phi) is 5.94. The van der Waals surface area contributed by atoms with Crippen LogP contribution in [0.5, 0.6) is 0 Å². The van der Waals surface area contributed by atoms with Crippen molar-refractivity contribution in [3.63, 3.8) is 0 Å². The summed E-state index contributed by atoms with van der Waals surface area (Å²) in [5.74, 6) is 0.482. The van der Waals surface area contributed by atoms with Gasteiger partial charge < -0.3 is 9.72 Å². The van der Waals surface area contributed by atoms with E-state index >= 15 is 0 Å². The number of benzene rings is 1. The highest BCUT2D eigenvalue weighted by Gasteiger charge is 2.03. The molecule has 1 aromatic carbocycles. The molecule has 0 aliphatic rings. The third kappa shape index (κ3) is 4.52. The summed E-state index contributed by atoms with van der Waals surface area (Å²) in [5, 5.41) is 8.72. The molecule has 0 fully saturated rings. The lowest BCUT2D eigenvalue weighted by molar-refractivity contribution is -0.142. The first-order chi connectivity index (χ1) is 9.17. The van der Waals surface area contributed by atoms with Crippen LogP contribution in [0.2, 0.25) is 0 Å². The quantitative estimate of drug-likeness (QED) is 0.870. The van der Waals surface area contributed by atoms with Crippen LogP contribution >= 0.6 is 17.0 Å². The molecule has 0 aliphatic heterocycles. The van der Waals surface area contributed by atoms with Gasteiger partial charge >= 0.3 is 5.97 Å². The summed E-state index contributed by atoms with van der Waals surface area (Å²) in [6.45, 7) is 1.57. The summed E-state index contributed by atoms with van der Waals surface area (Å²) >= 11 is 0. The number of nitrogens with one attached hydrogen (secondary N) is 1. The van der Waals surface area contributed by atoms with Crippen LogP contribution in [0.25, 0.3) is 0 Å². The average Bonchev–Trinajstić information content (AvgIpc) is 2.85. The number of nitriles is 1. The van der Waals surface area contributed by atoms with E-state index in [2.05, 4.69) is 16.0 Å². The number of carbonyl (C=O) groups excluding carboxylic acids is 1. The molecule has 0 amide bonds. The number of aromatic nitrogens is 2. The Balaban J connectivity index is 0.00000200. The van der Waals surface area contributed by atoms with Gasteiger partial charge in [0, 0.05) is 13.3 Å². The van der Waals surface area contributed by atoms with Crippen LogP contribution < -0.4 is 0 Å². The van der Waals surface area contributed by atoms with Crippen LogP contribution in [0.15, 0.2) is 30.5 Å². The number of H-pyrrole nitrogens is 1. The van der Waals surface area contributed by atoms with Crippen molar-refractivity contribution < 1.29 is 9.53 Å². The Morgan fingerprint density at radius 1 is 1.40 bits per heavy atom. The normalized spacial score (nSPS) is 9.40. The minimum absolute atomic E-state index is 0. The van der Waals surface area contributed by atoms with Crippen LogP contribution in [0.4, 0.5) is 0 Å². The van der Waals surface area contributed by atoms with E-state index in [0.29, 0.717) is 12.0 Å². The van der Waals surface area contributed by atoms with Gasteiger partial charge in [-0.2, -0.15) is 5.26 Å². The molecule has 0 unspecified atom stereocenters. The first kappa shape index (κ1) is 15.9. The van der Waals surface area contributed by atoms with Crippen molar-refractivity contribution in [3.05, 3.63) is 53.1 Å². The number of halogens is 1. The number of aromatic amines is 1. The maximum Gasteiger partial charge on any atom is 0.303 e. The molecular weight excluding hydrogens is 322 g/mol. The summed E-state index contributed by atoms with van der Waals surface area (Å²) in [7, 11) is 0. The van der Waals surface area contributed by atoms with E-state index in [-0.39, 0.29) is 29.6 Å². The number of esters is 1. The lowest BCUT2D eigenvalue weighted by atomic mass is 10.1. The fourth-order valence-corrected chi connectivity index (χ4v) is 1.64. The number of carbonyl (C=O) groups is 1. The maximum absolute atomic E-state index is 10.7. The molecule has 0 radical (unpaired) electrons. The third-order valence-corrected chi connectivity index (χ3v) is 2.57. The summed E-state index contributed by atoms with van der Waals surface area (Å²) < 4.78 is 4.88. The molecule has 104 valence electrons. The fourth-order valence-electron chi connectivity index (χ4n) is 1.64. The molecule has 1 heterocycles. The SMILES string of the molecule is Br.CC(=O)OCc1cnc(Cc2ccc(C#N)cc2)[nH]1. The van der Waals surface area contributed by atoms with Crippen molar-refractivity contribution in [2.75, 3.05) is 0 Å². The highest BCUT2D eigenvalue weighted by atomic mass is 79.9. The van der Waals surface area contributed by atoms with E-state index in [0.717, 1.165) is 17.1 Å². The van der Waals surface area contributed by atoms with Crippen LogP contribution in [0, 0.1) is 11.3 Å². The van der Waals surface area contributed by atoms with Crippen LogP contribution in [0.3, 0.4) is 0 Å². The predicted octanol–water partition coefficient (Wildman–Crippen LogP) is 2.51. The zero-order chi connectivity index (χ0) is 13.7. The first-order valence-corrected chi connectivity index (χ1v) is 5.82. The van der Waals surface area contributed by atoms with Crippen molar-refractivity contribution in [1.82, 2.24) is 9.97 Å². The topological polar surface area (TPSA) is 78.8 Å². The van der Waals surface area contributed by atoms with Gasteiger partial charge in [0.25, 0.3) is 0 Å². The fraction of sp³-hybridized carbons (Fsp3) is 0.214. The number of rotatable bonds is 4. The van der Waals surface area contributed by atoms with E-state index in [9.17, 15) is 4.79 Å². The highest BCUT2D eigenvalue weighted by Crippen LogP contribution is 2.09. The molecule has 0 saturated carbocycles. The summed E-state index contributed by atoms with van der Waals surface area (Å²) in [6, 6.07) is 9.42. The van der Waals surface area contributed by atoms with Gasteiger partial charge in [-0.1, -0.05) is 12.1 Å². The van der Waals surface area contributed by atoms with Crippen molar-refractivity contribution in [2.24, 2.45) is 0 Å². The molecule has 20 heavy (non-hydrogen) atoms. The number of hydrogen-bond acceptors (Lipinski definition) is 4. The average molecular weight is 336 g/mol. The molecular formula is C14H14BrN3O2. The molecule has 0 bridgehead atoms. The molecule has 0 atom stereocenters. The monoisotopic (exact) mass is 335 g/mol. The second-order valence-electron chi connectivity index (χ2n) is 4.12. The predicted molar refractivity (Wildman–Crippen MR) is 78.3 cm³/mol. The summed E-state index contributed by atoms with van der Waals surface area (Å²) in [5.41, 5.74) is 2.46. The maximum atomic E-state index is 10.7. The molecule has 0 aliphatic carbocycles. The lowest BCUT2D eigenvalue weighted by Crippen LogP contribution is -1.99. The van der Waals surface area contributed by atoms with Gasteiger partial charge in [0.1, 0.15) is 12.4 Å². The van der Waals surface area contributed by atoms with Gasteiger partial charge in [-0.15, -0.1) is 17.0 Å². The van der Waals surface area contributed by atoms with Gasteiger partial charge in [-0.25, -0.2) is 4.98 Å². The van der Waals surface area contributed by atoms with Gasteiger partial charge in [-0.05, 0) is 17.7 Å². The minimum atomic E-state index is -0.316. The third-order valence-electron chi connectivity index (χ3n) is 2.57. The van der Waals surface area contributed by atoms with E-state index in [1.54, 1.807) is 18.3 Å². The molecule has 0 saturated heterocycles. The van der Waals surface area contributed by atoms with Gasteiger partial charge in [0.15, 0.2) is 0 Å². The molecule has 2 aromatic rings. The second-order valence-corrected chi connectivity index (χ2v) is 4.12. The standard InChI is InChI=1S/C14H13N3O2.BrH/c1-10(18)19-9-13-8-16-14(17-13)6-11-2-4-12(7-15)5-3-11;/h2-5,8H,6,9H2,1H3,(H,16,17);1H. The van der Waals surface area contributed by atoms with E-state index in [4.69, 9.17) is 10.00 Å². The van der Waals surface area contributed by atoms with Crippen molar-refractivity contribution >= 4 is 23.0 Å². The largest absolute Gasteiger partial charge is 0.459 e. The molecule has 1 N–H and O–H groups in total. The number of ether oxygens (including phenoxy) is 1. The van der Waals surface area contributed by atoms with Crippen LogP contribution in [-0.4, -0.2) is 15.9 Å². The number of nitrogens with zero attached hydrogens (tertiary/aromatic N) is 2. The Hall–Kier alpha value is -2.13. The second kappa shape index (κ2) is 7.46. The van der Waals surface area contributed by atoms with Gasteiger partial charge in [-0.3, -0.25) is 4.79 Å². The molecule has 2 rings (SSSR count). The van der Waals surface area contributed by atoms with Crippen molar-refractivity contribution in [2.45, 2.75) is 20.0 Å². The Labute approximate surface area is 127 Å². The van der Waals surface area contributed by atoms with Crippen LogP contribution in [0.1, 0.15) is 29.6 Å². The number of imidazole rings is 1. The smallest absolute Gasteiger partial charge is 0.303 e. The molecule has 0 spiro atoms. The highest BCUT2D eigenvalue weighted by molar-refractivity contribution is 8.93. The molecule has 1 aromatic heterocycles. The van der Waals surface area contributed by atoms with Crippen LogP contribution in [-0.2, 0) is 22.6 Å². The van der Waals surface area contributed by atoms with Gasteiger partial charge in [0.05, 0.1) is 23.5 Å². The first-order valence-electron chi connectivity index (χ1n) is 5.82. The Morgan fingerprint density at radius 3 is 2.70 bits per heavy atom. The molecule has 5 nitrogen and oxygen atoms in total. The zero-order valence-corrected chi connectivity index (χ0v) is 12.6. The minimum Gasteiger partial charge on any atom is -0.459 e. The number of hydrogen-bond donors (Lipinski definition) is 1. The van der Waals surface area contributed by atoms with Crippen molar-refractivity contribution in [1.29, 1.82) is 5.26 Å². The van der Waals surface area contributed by atoms with E-state index in [1.165, 1.54) is 6.92 Å². The van der Waals surface area contributed by atoms with Gasteiger partial charge in [0.2, 0.25) is 0 Å². The van der Waals surface area contributed by atoms with E-state index in [1.807, 2.05) is 12.1 Å². The summed E-state index contributed by atoms with van der Waals surface area (Å²) in [6.07, 6.45) is 2.30. The Morgan fingerprint density at radius 2 is 2.10 bits per heavy atom. The lowest BCUT2D eigenvalue weighted by Gasteiger charge is -1.99. The van der Waals surface area contributed by atoms with E-state index < -0.39 is 0 Å². The zero-order valence-electron chi connectivity index (χ0n) is 10.9. The molecule has 6 heteroatoms. The Bertz CT molecular complexity index is 614. The van der Waals surface area contributed by atoms with Crippen molar-refractivity contribution in [3.8, 4) is 6.07 Å².